The topological polar surface area (TPSA) is 101 Å². The van der Waals surface area contributed by atoms with Crippen molar-refractivity contribution < 1.29 is 23.7 Å². The van der Waals surface area contributed by atoms with E-state index in [4.69, 9.17) is 23.9 Å². The lowest BCUT2D eigenvalue weighted by Crippen LogP contribution is -2.28. The maximum absolute atomic E-state index is 13.8. The third-order valence-corrected chi connectivity index (χ3v) is 7.62. The molecule has 1 aliphatic rings. The van der Waals surface area contributed by atoms with Crippen molar-refractivity contribution >= 4 is 34.3 Å². The molecule has 2 heterocycles. The highest BCUT2D eigenvalue weighted by Crippen LogP contribution is 2.36. The SMILES string of the molecule is CCOc1ccccc1NC(=O)[C@H](CC)Sc1nc2cc3c(cc2c(=O)n1Cc1ccc(OC)cc1)OCO3. The summed E-state index contributed by atoms with van der Waals surface area (Å²) in [6.45, 7) is 4.67. The molecule has 0 fully saturated rings. The molecule has 0 saturated heterocycles. The van der Waals surface area contributed by atoms with Crippen LogP contribution in [0.4, 0.5) is 5.69 Å². The van der Waals surface area contributed by atoms with Gasteiger partial charge in [-0.25, -0.2) is 4.98 Å². The number of nitrogens with zero attached hydrogens (tertiary/aromatic N) is 2. The van der Waals surface area contributed by atoms with Gasteiger partial charge in [0.15, 0.2) is 16.7 Å². The molecule has 0 bridgehead atoms. The number of methoxy groups -OCH3 is 1. The monoisotopic (exact) mass is 547 g/mol. The zero-order chi connectivity index (χ0) is 27.4. The summed E-state index contributed by atoms with van der Waals surface area (Å²) in [4.78, 5) is 32.0. The van der Waals surface area contributed by atoms with Crippen molar-refractivity contribution in [3.63, 3.8) is 0 Å². The number of rotatable bonds is 10. The van der Waals surface area contributed by atoms with Gasteiger partial charge in [-0.05, 0) is 49.2 Å². The molecular formula is C29H29N3O6S. The number of carbonyl (C=O) groups is 1. The molecule has 1 N–H and O–H groups in total. The van der Waals surface area contributed by atoms with E-state index in [-0.39, 0.29) is 24.8 Å². The van der Waals surface area contributed by atoms with E-state index in [1.165, 1.54) is 11.8 Å². The van der Waals surface area contributed by atoms with Crippen molar-refractivity contribution in [1.29, 1.82) is 0 Å². The Morgan fingerprint density at radius 3 is 2.56 bits per heavy atom. The molecule has 0 aliphatic carbocycles. The Kier molecular flexibility index (Phi) is 7.92. The molecular weight excluding hydrogens is 518 g/mol. The van der Waals surface area contributed by atoms with Crippen LogP contribution in [0.3, 0.4) is 0 Å². The van der Waals surface area contributed by atoms with E-state index in [0.29, 0.717) is 52.0 Å². The van der Waals surface area contributed by atoms with E-state index in [2.05, 4.69) is 5.32 Å². The van der Waals surface area contributed by atoms with Gasteiger partial charge in [-0.3, -0.25) is 14.2 Å². The molecule has 0 unspecified atom stereocenters. The van der Waals surface area contributed by atoms with Crippen molar-refractivity contribution in [2.45, 2.75) is 37.2 Å². The molecule has 0 saturated carbocycles. The van der Waals surface area contributed by atoms with E-state index >= 15 is 0 Å². The molecule has 0 spiro atoms. The normalized spacial score (nSPS) is 12.8. The van der Waals surface area contributed by atoms with Gasteiger partial charge < -0.3 is 24.3 Å². The van der Waals surface area contributed by atoms with Crippen molar-refractivity contribution in [1.82, 2.24) is 9.55 Å². The summed E-state index contributed by atoms with van der Waals surface area (Å²) < 4.78 is 23.5. The molecule has 1 atom stereocenters. The number of aromatic nitrogens is 2. The van der Waals surface area contributed by atoms with Gasteiger partial charge in [0.25, 0.3) is 5.56 Å². The van der Waals surface area contributed by atoms with Crippen molar-refractivity contribution in [3.8, 4) is 23.0 Å². The van der Waals surface area contributed by atoms with Crippen LogP contribution < -0.4 is 29.8 Å². The summed E-state index contributed by atoms with van der Waals surface area (Å²) in [5.74, 6) is 2.17. The van der Waals surface area contributed by atoms with Crippen LogP contribution in [0.5, 0.6) is 23.0 Å². The molecule has 1 aliphatic heterocycles. The first-order valence-electron chi connectivity index (χ1n) is 12.7. The molecule has 0 radical (unpaired) electrons. The lowest BCUT2D eigenvalue weighted by atomic mass is 10.2. The average Bonchev–Trinajstić information content (AvgIpc) is 3.41. The van der Waals surface area contributed by atoms with Crippen LogP contribution >= 0.6 is 11.8 Å². The predicted octanol–water partition coefficient (Wildman–Crippen LogP) is 5.09. The molecule has 202 valence electrons. The molecule has 1 amide bonds. The maximum Gasteiger partial charge on any atom is 0.262 e. The number of carbonyl (C=O) groups excluding carboxylic acids is 1. The Bertz CT molecular complexity index is 1550. The highest BCUT2D eigenvalue weighted by Gasteiger charge is 2.25. The second-order valence-corrected chi connectivity index (χ2v) is 9.96. The van der Waals surface area contributed by atoms with Crippen molar-refractivity contribution in [2.24, 2.45) is 0 Å². The second kappa shape index (κ2) is 11.7. The highest BCUT2D eigenvalue weighted by molar-refractivity contribution is 8.00. The highest BCUT2D eigenvalue weighted by atomic mass is 32.2. The van der Waals surface area contributed by atoms with Crippen LogP contribution in [-0.4, -0.2) is 41.2 Å². The Hall–Kier alpha value is -4.18. The molecule has 4 aromatic rings. The van der Waals surface area contributed by atoms with Gasteiger partial charge in [-0.2, -0.15) is 0 Å². The number of fused-ring (bicyclic) bond motifs is 2. The van der Waals surface area contributed by atoms with Crippen LogP contribution in [0.1, 0.15) is 25.8 Å². The fourth-order valence-electron chi connectivity index (χ4n) is 4.25. The van der Waals surface area contributed by atoms with Gasteiger partial charge in [-0.1, -0.05) is 43.0 Å². The minimum Gasteiger partial charge on any atom is -0.497 e. The van der Waals surface area contributed by atoms with Crippen LogP contribution in [0.25, 0.3) is 10.9 Å². The number of amides is 1. The lowest BCUT2D eigenvalue weighted by Gasteiger charge is -2.19. The summed E-state index contributed by atoms with van der Waals surface area (Å²) in [7, 11) is 1.61. The first-order valence-corrected chi connectivity index (χ1v) is 13.5. The average molecular weight is 548 g/mol. The molecule has 39 heavy (non-hydrogen) atoms. The van der Waals surface area contributed by atoms with Crippen molar-refractivity contribution in [3.05, 3.63) is 76.6 Å². The number of thioether (sulfide) groups is 1. The van der Waals surface area contributed by atoms with E-state index in [1.54, 1.807) is 29.9 Å². The van der Waals surface area contributed by atoms with Gasteiger partial charge in [0.2, 0.25) is 12.7 Å². The number of hydrogen-bond acceptors (Lipinski definition) is 8. The maximum atomic E-state index is 13.8. The first kappa shape index (κ1) is 26.4. The van der Waals surface area contributed by atoms with Gasteiger partial charge in [0.1, 0.15) is 11.5 Å². The van der Waals surface area contributed by atoms with E-state index in [1.807, 2.05) is 56.3 Å². The van der Waals surface area contributed by atoms with E-state index < -0.39 is 5.25 Å². The number of nitrogens with one attached hydrogen (secondary N) is 1. The zero-order valence-electron chi connectivity index (χ0n) is 21.9. The summed E-state index contributed by atoms with van der Waals surface area (Å²) in [6.07, 6.45) is 0.519. The summed E-state index contributed by atoms with van der Waals surface area (Å²) >= 11 is 1.25. The zero-order valence-corrected chi connectivity index (χ0v) is 22.7. The second-order valence-electron chi connectivity index (χ2n) is 8.79. The fourth-order valence-corrected chi connectivity index (χ4v) is 5.26. The Labute approximate surface area is 230 Å². The summed E-state index contributed by atoms with van der Waals surface area (Å²) in [6, 6.07) is 18.2. The van der Waals surface area contributed by atoms with Gasteiger partial charge in [-0.15, -0.1) is 0 Å². The standard InChI is InChI=1S/C29H29N3O6S/c1-4-26(27(33)30-21-8-6-7-9-23(21)36-5-2)39-29-31-22-15-25-24(37-17-38-25)14-20(22)28(34)32(29)16-18-10-12-19(35-3)13-11-18/h6-15,26H,4-5,16-17H2,1-3H3,(H,30,33)/t26-/m0/s1. The van der Waals surface area contributed by atoms with Gasteiger partial charge >= 0.3 is 0 Å². The number of para-hydroxylation sites is 2. The van der Waals surface area contributed by atoms with Crippen molar-refractivity contribution in [2.75, 3.05) is 25.8 Å². The summed E-state index contributed by atoms with van der Waals surface area (Å²) in [5.41, 5.74) is 1.74. The summed E-state index contributed by atoms with van der Waals surface area (Å²) in [5, 5.41) is 3.32. The van der Waals surface area contributed by atoms with Gasteiger partial charge in [0.05, 0.1) is 42.1 Å². The Balaban J connectivity index is 1.51. The molecule has 1 aromatic heterocycles. The van der Waals surface area contributed by atoms with Gasteiger partial charge in [0, 0.05) is 6.07 Å². The lowest BCUT2D eigenvalue weighted by molar-refractivity contribution is -0.115. The fraction of sp³-hybridized carbons (Fsp3) is 0.276. The minimum absolute atomic E-state index is 0.0919. The van der Waals surface area contributed by atoms with E-state index in [0.717, 1.165) is 11.3 Å². The number of anilines is 1. The third kappa shape index (κ3) is 5.65. The molecule has 5 rings (SSSR count). The molecule has 10 heteroatoms. The Morgan fingerprint density at radius 1 is 1.10 bits per heavy atom. The minimum atomic E-state index is -0.514. The largest absolute Gasteiger partial charge is 0.497 e. The quantitative estimate of drug-likeness (QED) is 0.216. The van der Waals surface area contributed by atoms with Crippen LogP contribution in [0.2, 0.25) is 0 Å². The van der Waals surface area contributed by atoms with Crippen LogP contribution in [0, 0.1) is 0 Å². The van der Waals surface area contributed by atoms with E-state index in [9.17, 15) is 9.59 Å². The van der Waals surface area contributed by atoms with Crippen LogP contribution in [-0.2, 0) is 11.3 Å². The number of hydrogen-bond donors (Lipinski definition) is 1. The predicted molar refractivity (Wildman–Crippen MR) is 150 cm³/mol. The molecule has 9 nitrogen and oxygen atoms in total. The Morgan fingerprint density at radius 2 is 1.85 bits per heavy atom. The smallest absolute Gasteiger partial charge is 0.262 e. The number of benzene rings is 3. The van der Waals surface area contributed by atoms with Crippen LogP contribution in [0.15, 0.2) is 70.6 Å². The third-order valence-electron chi connectivity index (χ3n) is 6.27. The first-order chi connectivity index (χ1) is 19.0. The number of ether oxygens (including phenoxy) is 4. The molecule has 3 aromatic carbocycles.